The van der Waals surface area contributed by atoms with E-state index in [9.17, 15) is 18.0 Å². The van der Waals surface area contributed by atoms with Crippen molar-refractivity contribution in [3.63, 3.8) is 0 Å². The number of amides is 1. The van der Waals surface area contributed by atoms with E-state index in [1.54, 1.807) is 29.3 Å². The second kappa shape index (κ2) is 9.94. The molecule has 4 rings (SSSR count). The first-order valence-corrected chi connectivity index (χ1v) is 9.33. The first-order chi connectivity index (χ1) is 15.3. The lowest BCUT2D eigenvalue weighted by molar-refractivity contribution is -0.192. The van der Waals surface area contributed by atoms with Crippen molar-refractivity contribution in [3.05, 3.63) is 59.9 Å². The average Bonchev–Trinajstić information content (AvgIpc) is 3.38. The molecule has 0 saturated carbocycles. The molecule has 0 spiro atoms. The summed E-state index contributed by atoms with van der Waals surface area (Å²) in [6, 6.07) is 8.86. The van der Waals surface area contributed by atoms with Crippen LogP contribution in [0.15, 0.2) is 47.2 Å². The van der Waals surface area contributed by atoms with Gasteiger partial charge in [-0.3, -0.25) is 4.79 Å². The van der Waals surface area contributed by atoms with Crippen molar-refractivity contribution in [2.75, 3.05) is 6.54 Å². The summed E-state index contributed by atoms with van der Waals surface area (Å²) in [6.07, 6.45) is -1.10. The number of ether oxygens (including phenoxy) is 1. The summed E-state index contributed by atoms with van der Waals surface area (Å²) < 4.78 is 44.5. The number of aryl methyl sites for hydroxylation is 1. The predicted octanol–water partition coefficient (Wildman–Crippen LogP) is 2.52. The predicted molar refractivity (Wildman–Crippen MR) is 100 cm³/mol. The van der Waals surface area contributed by atoms with Gasteiger partial charge in [0.2, 0.25) is 5.88 Å². The quantitative estimate of drug-likeness (QED) is 0.639. The summed E-state index contributed by atoms with van der Waals surface area (Å²) in [5, 5.41) is 15.5. The van der Waals surface area contributed by atoms with Crippen LogP contribution in [0.2, 0.25) is 0 Å². The fourth-order valence-electron chi connectivity index (χ4n) is 2.81. The minimum absolute atomic E-state index is 0.128. The number of halogens is 3. The number of pyridine rings is 1. The van der Waals surface area contributed by atoms with Gasteiger partial charge < -0.3 is 19.2 Å². The topological polar surface area (TPSA) is 124 Å². The lowest BCUT2D eigenvalue weighted by Gasteiger charge is -2.19. The Morgan fingerprint density at radius 1 is 1.19 bits per heavy atom. The number of rotatable bonds is 4. The lowest BCUT2D eigenvalue weighted by Crippen LogP contribution is -2.30. The van der Waals surface area contributed by atoms with Gasteiger partial charge in [0.25, 0.3) is 5.91 Å². The fraction of sp³-hybridized carbons (Fsp3) is 0.316. The molecular formula is C19H18F3N5O5. The second-order valence-electron chi connectivity index (χ2n) is 6.52. The first kappa shape index (κ1) is 22.8. The van der Waals surface area contributed by atoms with Gasteiger partial charge in [-0.1, -0.05) is 11.3 Å². The molecular weight excluding hydrogens is 435 g/mol. The molecule has 0 saturated heterocycles. The lowest BCUT2D eigenvalue weighted by atomic mass is 10.3. The molecule has 0 aliphatic carbocycles. The van der Waals surface area contributed by atoms with Crippen LogP contribution in [0, 0.1) is 0 Å². The largest absolute Gasteiger partial charge is 0.490 e. The molecule has 4 heterocycles. The van der Waals surface area contributed by atoms with Crippen LogP contribution >= 0.6 is 0 Å². The zero-order valence-corrected chi connectivity index (χ0v) is 16.5. The molecule has 0 atom stereocenters. The molecule has 13 heteroatoms. The monoisotopic (exact) mass is 453 g/mol. The van der Waals surface area contributed by atoms with Crippen LogP contribution in [0.5, 0.6) is 5.88 Å². The van der Waals surface area contributed by atoms with E-state index in [1.807, 2.05) is 16.8 Å². The number of hydrogen-bond donors (Lipinski definition) is 1. The van der Waals surface area contributed by atoms with E-state index < -0.39 is 12.1 Å². The van der Waals surface area contributed by atoms with E-state index in [2.05, 4.69) is 15.3 Å². The molecule has 170 valence electrons. The van der Waals surface area contributed by atoms with Crippen molar-refractivity contribution in [1.29, 1.82) is 0 Å². The van der Waals surface area contributed by atoms with Crippen molar-refractivity contribution in [3.8, 4) is 5.88 Å². The van der Waals surface area contributed by atoms with Crippen LogP contribution in [0.4, 0.5) is 13.2 Å². The Labute approximate surface area is 179 Å². The van der Waals surface area contributed by atoms with E-state index >= 15 is 0 Å². The minimum Gasteiger partial charge on any atom is -0.475 e. The van der Waals surface area contributed by atoms with Crippen LogP contribution < -0.4 is 4.74 Å². The maximum atomic E-state index is 12.6. The highest BCUT2D eigenvalue weighted by Crippen LogP contribution is 2.18. The number of carboxylic acid groups (broad SMARTS) is 1. The number of aromatic nitrogens is 4. The Morgan fingerprint density at radius 3 is 2.59 bits per heavy atom. The maximum Gasteiger partial charge on any atom is 0.490 e. The number of fused-ring (bicyclic) bond motifs is 1. The van der Waals surface area contributed by atoms with E-state index in [1.165, 1.54) is 6.26 Å². The molecule has 0 aromatic carbocycles. The molecule has 3 aromatic rings. The molecule has 1 amide bonds. The van der Waals surface area contributed by atoms with Crippen molar-refractivity contribution in [2.24, 2.45) is 0 Å². The van der Waals surface area contributed by atoms with Gasteiger partial charge in [-0.2, -0.15) is 13.2 Å². The number of carbonyl (C=O) groups is 2. The minimum atomic E-state index is -5.08. The van der Waals surface area contributed by atoms with E-state index in [-0.39, 0.29) is 12.5 Å². The van der Waals surface area contributed by atoms with Crippen molar-refractivity contribution in [1.82, 2.24) is 24.9 Å². The first-order valence-electron chi connectivity index (χ1n) is 9.33. The fourth-order valence-corrected chi connectivity index (χ4v) is 2.81. The van der Waals surface area contributed by atoms with Crippen LogP contribution in [-0.4, -0.2) is 54.6 Å². The third kappa shape index (κ3) is 5.83. The summed E-state index contributed by atoms with van der Waals surface area (Å²) >= 11 is 0. The number of alkyl halides is 3. The number of furan rings is 1. The van der Waals surface area contributed by atoms with Gasteiger partial charge in [0.05, 0.1) is 18.5 Å². The Balaban J connectivity index is 0.000000360. The van der Waals surface area contributed by atoms with Crippen LogP contribution in [0.3, 0.4) is 0 Å². The van der Waals surface area contributed by atoms with Crippen LogP contribution in [0.25, 0.3) is 0 Å². The van der Waals surface area contributed by atoms with Gasteiger partial charge in [0.1, 0.15) is 12.3 Å². The maximum absolute atomic E-state index is 12.6. The highest BCUT2D eigenvalue weighted by atomic mass is 19.4. The van der Waals surface area contributed by atoms with Crippen molar-refractivity contribution >= 4 is 11.9 Å². The van der Waals surface area contributed by atoms with Gasteiger partial charge in [0, 0.05) is 25.4 Å². The average molecular weight is 453 g/mol. The van der Waals surface area contributed by atoms with Gasteiger partial charge >= 0.3 is 12.1 Å². The Kier molecular flexibility index (Phi) is 7.07. The summed E-state index contributed by atoms with van der Waals surface area (Å²) in [4.78, 5) is 27.4. The molecule has 10 nitrogen and oxygen atoms in total. The number of nitrogens with zero attached hydrogens (tertiary/aromatic N) is 5. The molecule has 1 aliphatic heterocycles. The number of aliphatic carboxylic acids is 1. The summed E-state index contributed by atoms with van der Waals surface area (Å²) in [6.45, 7) is 2.04. The molecule has 0 bridgehead atoms. The third-order valence-electron chi connectivity index (χ3n) is 4.31. The summed E-state index contributed by atoms with van der Waals surface area (Å²) in [5.41, 5.74) is 1.60. The summed E-state index contributed by atoms with van der Waals surface area (Å²) in [5.74, 6) is -2.02. The molecule has 3 aromatic heterocycles. The van der Waals surface area contributed by atoms with E-state index in [0.29, 0.717) is 37.0 Å². The van der Waals surface area contributed by atoms with Gasteiger partial charge in [-0.25, -0.2) is 14.5 Å². The smallest absolute Gasteiger partial charge is 0.475 e. The van der Waals surface area contributed by atoms with Gasteiger partial charge in [-0.15, -0.1) is 5.10 Å². The number of carboxylic acids is 1. The molecule has 32 heavy (non-hydrogen) atoms. The standard InChI is InChI=1S/C17H17N5O3.C2HF3O2/c23-17(15-5-3-10-24-15)21-8-4-9-22-14(11-21)13(19-20-22)12-25-16-6-1-2-7-18-16;3-2(4,5)1(6)7/h1-3,5-7,10H,4,8-9,11-12H2;(H,6,7). The van der Waals surface area contributed by atoms with Crippen molar-refractivity contribution < 1.29 is 37.0 Å². The number of carbonyl (C=O) groups excluding carboxylic acids is 1. The third-order valence-corrected chi connectivity index (χ3v) is 4.31. The van der Waals surface area contributed by atoms with Crippen LogP contribution in [-0.2, 0) is 24.5 Å². The van der Waals surface area contributed by atoms with E-state index in [0.717, 1.165) is 12.1 Å². The highest BCUT2D eigenvalue weighted by Gasteiger charge is 2.38. The Hall–Kier alpha value is -3.90. The van der Waals surface area contributed by atoms with Gasteiger partial charge in [-0.05, 0) is 24.6 Å². The molecule has 1 N–H and O–H groups in total. The molecule has 0 fully saturated rings. The van der Waals surface area contributed by atoms with Gasteiger partial charge in [0.15, 0.2) is 5.76 Å². The molecule has 0 radical (unpaired) electrons. The van der Waals surface area contributed by atoms with E-state index in [4.69, 9.17) is 19.1 Å². The Morgan fingerprint density at radius 2 is 1.97 bits per heavy atom. The Bertz CT molecular complexity index is 1040. The molecule has 0 unspecified atom stereocenters. The second-order valence-corrected chi connectivity index (χ2v) is 6.52. The zero-order valence-electron chi connectivity index (χ0n) is 16.5. The highest BCUT2D eigenvalue weighted by molar-refractivity contribution is 5.91. The van der Waals surface area contributed by atoms with Crippen molar-refractivity contribution in [2.45, 2.75) is 32.3 Å². The normalized spacial score (nSPS) is 13.4. The number of hydrogen-bond acceptors (Lipinski definition) is 7. The SMILES string of the molecule is O=C(O)C(F)(F)F.O=C(c1ccco1)N1CCCn2nnc(COc3ccccn3)c2C1. The summed E-state index contributed by atoms with van der Waals surface area (Å²) in [7, 11) is 0. The van der Waals surface area contributed by atoms with Crippen LogP contribution in [0.1, 0.15) is 28.4 Å². The molecule has 1 aliphatic rings. The zero-order chi connectivity index (χ0) is 23.1.